The minimum absolute atomic E-state index is 0.150. The third kappa shape index (κ3) is 5.69. The average Bonchev–Trinajstić information content (AvgIpc) is 2.70. The number of allylic oxidation sites excluding steroid dienone is 2. The predicted molar refractivity (Wildman–Crippen MR) is 107 cm³/mol. The molecule has 7 heteroatoms. The van der Waals surface area contributed by atoms with Gasteiger partial charge in [-0.1, -0.05) is 48.6 Å². The molecule has 0 spiro atoms. The SMILES string of the molecule is CC=CCCc1ccc(-c2ccc(-c3cc(F)c(OC(F)(F)F)c(F)c3)c(F)c2)cc1. The molecule has 1 nitrogen and oxygen atoms in total. The van der Waals surface area contributed by atoms with Crippen LogP contribution in [0.25, 0.3) is 22.3 Å². The van der Waals surface area contributed by atoms with E-state index in [4.69, 9.17) is 0 Å². The van der Waals surface area contributed by atoms with Crippen LogP contribution < -0.4 is 4.74 Å². The summed E-state index contributed by atoms with van der Waals surface area (Å²) < 4.78 is 82.8. The van der Waals surface area contributed by atoms with Crippen molar-refractivity contribution in [3.05, 3.63) is 89.8 Å². The molecule has 3 aromatic rings. The van der Waals surface area contributed by atoms with Crippen LogP contribution in [0.2, 0.25) is 0 Å². The van der Waals surface area contributed by atoms with Gasteiger partial charge in [0.05, 0.1) is 0 Å². The van der Waals surface area contributed by atoms with E-state index in [0.717, 1.165) is 24.0 Å². The first-order valence-corrected chi connectivity index (χ1v) is 9.43. The maximum Gasteiger partial charge on any atom is 0.573 e. The molecule has 3 aromatic carbocycles. The lowest BCUT2D eigenvalue weighted by molar-refractivity contribution is -0.276. The number of hydrogen-bond donors (Lipinski definition) is 0. The molecule has 0 saturated heterocycles. The summed E-state index contributed by atoms with van der Waals surface area (Å²) in [6.45, 7) is 1.95. The summed E-state index contributed by atoms with van der Waals surface area (Å²) >= 11 is 0. The van der Waals surface area contributed by atoms with E-state index in [1.165, 1.54) is 12.1 Å². The van der Waals surface area contributed by atoms with Crippen LogP contribution in [-0.2, 0) is 6.42 Å². The van der Waals surface area contributed by atoms with Gasteiger partial charge in [0.1, 0.15) is 5.82 Å². The van der Waals surface area contributed by atoms with Gasteiger partial charge in [-0.05, 0) is 60.2 Å². The summed E-state index contributed by atoms with van der Waals surface area (Å²) in [7, 11) is 0. The van der Waals surface area contributed by atoms with Gasteiger partial charge in [-0.15, -0.1) is 13.2 Å². The monoisotopic (exact) mass is 436 g/mol. The van der Waals surface area contributed by atoms with Crippen molar-refractivity contribution in [2.24, 2.45) is 0 Å². The number of benzene rings is 3. The zero-order valence-corrected chi connectivity index (χ0v) is 16.4. The topological polar surface area (TPSA) is 9.23 Å². The largest absolute Gasteiger partial charge is 0.573 e. The Hall–Kier alpha value is -3.22. The highest BCUT2D eigenvalue weighted by atomic mass is 19.4. The molecule has 31 heavy (non-hydrogen) atoms. The van der Waals surface area contributed by atoms with Crippen molar-refractivity contribution >= 4 is 0 Å². The summed E-state index contributed by atoms with van der Waals surface area (Å²) in [5, 5.41) is 0. The van der Waals surface area contributed by atoms with Crippen LogP contribution in [0, 0.1) is 17.5 Å². The molecular formula is C24H18F6O. The lowest BCUT2D eigenvalue weighted by atomic mass is 9.98. The lowest BCUT2D eigenvalue weighted by Gasteiger charge is -2.13. The number of hydrogen-bond acceptors (Lipinski definition) is 1. The first-order chi connectivity index (χ1) is 14.7. The van der Waals surface area contributed by atoms with Crippen LogP contribution in [0.5, 0.6) is 5.75 Å². The minimum atomic E-state index is -5.25. The summed E-state index contributed by atoms with van der Waals surface area (Å²) in [4.78, 5) is 0. The fraction of sp³-hybridized carbons (Fsp3) is 0.167. The molecule has 0 fully saturated rings. The lowest BCUT2D eigenvalue weighted by Crippen LogP contribution is -2.19. The predicted octanol–water partition coefficient (Wildman–Crippen LogP) is 7.85. The number of rotatable bonds is 6. The molecule has 0 atom stereocenters. The van der Waals surface area contributed by atoms with Gasteiger partial charge < -0.3 is 4.74 Å². The molecular weight excluding hydrogens is 418 g/mol. The molecule has 3 rings (SSSR count). The van der Waals surface area contributed by atoms with E-state index in [9.17, 15) is 26.3 Å². The fourth-order valence-electron chi connectivity index (χ4n) is 3.14. The summed E-state index contributed by atoms with van der Waals surface area (Å²) in [6.07, 6.45) is 0.587. The van der Waals surface area contributed by atoms with Gasteiger partial charge in [-0.25, -0.2) is 13.2 Å². The van der Waals surface area contributed by atoms with Gasteiger partial charge in [0.25, 0.3) is 0 Å². The highest BCUT2D eigenvalue weighted by Gasteiger charge is 2.34. The van der Waals surface area contributed by atoms with E-state index >= 15 is 0 Å². The minimum Gasteiger partial charge on any atom is -0.399 e. The van der Waals surface area contributed by atoms with E-state index in [1.54, 1.807) is 6.07 Å². The highest BCUT2D eigenvalue weighted by molar-refractivity contribution is 5.71. The smallest absolute Gasteiger partial charge is 0.399 e. The van der Waals surface area contributed by atoms with E-state index in [2.05, 4.69) is 10.8 Å². The Morgan fingerprint density at radius 2 is 1.35 bits per heavy atom. The molecule has 0 heterocycles. The van der Waals surface area contributed by atoms with Crippen molar-refractivity contribution in [3.63, 3.8) is 0 Å². The van der Waals surface area contributed by atoms with Crippen LogP contribution in [-0.4, -0.2) is 6.36 Å². The molecule has 162 valence electrons. The van der Waals surface area contributed by atoms with E-state index in [0.29, 0.717) is 17.7 Å². The standard InChI is InChI=1S/C24H18F6O/c1-2-3-4-5-15-6-8-16(9-7-15)17-10-11-19(20(25)12-17)18-13-21(26)23(22(27)14-18)31-24(28,29)30/h2-3,6-14H,4-5H2,1H3. The molecule has 0 unspecified atom stereocenters. The first kappa shape index (κ1) is 22.5. The van der Waals surface area contributed by atoms with Crippen molar-refractivity contribution in [1.82, 2.24) is 0 Å². The van der Waals surface area contributed by atoms with Gasteiger partial charge in [-0.3, -0.25) is 0 Å². The third-order valence-electron chi connectivity index (χ3n) is 4.62. The van der Waals surface area contributed by atoms with Crippen molar-refractivity contribution in [2.45, 2.75) is 26.1 Å². The quantitative estimate of drug-likeness (QED) is 0.282. The number of ether oxygens (including phenoxy) is 1. The zero-order chi connectivity index (χ0) is 22.6. The normalized spacial score (nSPS) is 11.8. The zero-order valence-electron chi connectivity index (χ0n) is 16.4. The Morgan fingerprint density at radius 3 is 1.90 bits per heavy atom. The molecule has 0 aliphatic rings. The van der Waals surface area contributed by atoms with Crippen LogP contribution in [0.4, 0.5) is 26.3 Å². The summed E-state index contributed by atoms with van der Waals surface area (Å²) in [5.41, 5.74) is 2.05. The fourth-order valence-corrected chi connectivity index (χ4v) is 3.14. The molecule has 0 amide bonds. The van der Waals surface area contributed by atoms with Crippen molar-refractivity contribution in [3.8, 4) is 28.0 Å². The second-order valence-electron chi connectivity index (χ2n) is 6.82. The van der Waals surface area contributed by atoms with Crippen molar-refractivity contribution in [1.29, 1.82) is 0 Å². The highest BCUT2D eigenvalue weighted by Crippen LogP contribution is 2.34. The van der Waals surface area contributed by atoms with Crippen molar-refractivity contribution < 1.29 is 31.1 Å². The molecule has 0 radical (unpaired) electrons. The second kappa shape index (κ2) is 9.29. The maximum atomic E-state index is 14.7. The maximum absolute atomic E-state index is 14.7. The Bertz CT molecular complexity index is 1060. The van der Waals surface area contributed by atoms with Gasteiger partial charge in [0.2, 0.25) is 5.75 Å². The molecule has 0 saturated carbocycles. The first-order valence-electron chi connectivity index (χ1n) is 9.43. The van der Waals surface area contributed by atoms with E-state index in [-0.39, 0.29) is 11.1 Å². The third-order valence-corrected chi connectivity index (χ3v) is 4.62. The Balaban J connectivity index is 1.86. The van der Waals surface area contributed by atoms with Crippen LogP contribution >= 0.6 is 0 Å². The molecule has 0 aliphatic carbocycles. The van der Waals surface area contributed by atoms with E-state index < -0.39 is 29.6 Å². The van der Waals surface area contributed by atoms with Crippen LogP contribution in [0.3, 0.4) is 0 Å². The second-order valence-corrected chi connectivity index (χ2v) is 6.82. The number of halogens is 6. The van der Waals surface area contributed by atoms with Crippen LogP contribution in [0.1, 0.15) is 18.9 Å². The van der Waals surface area contributed by atoms with Gasteiger partial charge in [-0.2, -0.15) is 0 Å². The average molecular weight is 436 g/mol. The summed E-state index contributed by atoms with van der Waals surface area (Å²) in [5.74, 6) is -5.51. The number of aryl methyl sites for hydroxylation is 1. The molecule has 0 N–H and O–H groups in total. The van der Waals surface area contributed by atoms with Gasteiger partial charge >= 0.3 is 6.36 Å². The van der Waals surface area contributed by atoms with Gasteiger partial charge in [0.15, 0.2) is 11.6 Å². The van der Waals surface area contributed by atoms with E-state index in [1.807, 2.05) is 37.3 Å². The summed E-state index contributed by atoms with van der Waals surface area (Å²) in [6, 6.07) is 12.9. The van der Waals surface area contributed by atoms with Crippen LogP contribution in [0.15, 0.2) is 66.7 Å². The van der Waals surface area contributed by atoms with Gasteiger partial charge in [0, 0.05) is 5.56 Å². The Labute approximate surface area is 175 Å². The molecule has 0 bridgehead atoms. The Morgan fingerprint density at radius 1 is 0.774 bits per heavy atom. The Kier molecular flexibility index (Phi) is 6.73. The molecule has 0 aromatic heterocycles. The van der Waals surface area contributed by atoms with Crippen molar-refractivity contribution in [2.75, 3.05) is 0 Å². The molecule has 0 aliphatic heterocycles. The number of alkyl halides is 3.